The number of methoxy groups -OCH3 is 1. The average molecular weight is 255 g/mol. The maximum Gasteiger partial charge on any atom is 0.118 e. The summed E-state index contributed by atoms with van der Waals surface area (Å²) in [5, 5.41) is 0. The van der Waals surface area contributed by atoms with Crippen LogP contribution in [0.2, 0.25) is 0 Å². The van der Waals surface area contributed by atoms with E-state index in [0.29, 0.717) is 5.92 Å². The van der Waals surface area contributed by atoms with Gasteiger partial charge in [0.2, 0.25) is 0 Å². The summed E-state index contributed by atoms with van der Waals surface area (Å²) in [7, 11) is 1.68. The summed E-state index contributed by atoms with van der Waals surface area (Å²) in [6, 6.07) is 8.31. The Bertz CT molecular complexity index is 523. The second-order valence-corrected chi connectivity index (χ2v) is 5.04. The molecule has 0 aliphatic heterocycles. The molecule has 2 rings (SSSR count). The minimum atomic E-state index is 0.257. The van der Waals surface area contributed by atoms with E-state index < -0.39 is 0 Å². The second kappa shape index (κ2) is 5.87. The molecule has 0 amide bonds. The van der Waals surface area contributed by atoms with Gasteiger partial charge in [-0.05, 0) is 49.2 Å². The third-order valence-electron chi connectivity index (χ3n) is 3.58. The molecule has 0 heterocycles. The van der Waals surface area contributed by atoms with Crippen LogP contribution in [0, 0.1) is 5.92 Å². The van der Waals surface area contributed by atoms with Crippen LogP contribution in [-0.4, -0.2) is 18.9 Å². The van der Waals surface area contributed by atoms with Crippen molar-refractivity contribution in [2.75, 3.05) is 7.11 Å². The minimum absolute atomic E-state index is 0.257. The van der Waals surface area contributed by atoms with E-state index in [-0.39, 0.29) is 6.04 Å². The summed E-state index contributed by atoms with van der Waals surface area (Å²) in [6.45, 7) is 6.43. The predicted octanol–water partition coefficient (Wildman–Crippen LogP) is 4.03. The van der Waals surface area contributed by atoms with Crippen LogP contribution in [-0.2, 0) is 0 Å². The van der Waals surface area contributed by atoms with Crippen LogP contribution >= 0.6 is 0 Å². The van der Waals surface area contributed by atoms with E-state index in [1.54, 1.807) is 7.11 Å². The van der Waals surface area contributed by atoms with Crippen molar-refractivity contribution in [3.05, 3.63) is 53.6 Å². The normalized spacial score (nSPS) is 23.2. The number of benzene rings is 1. The first-order valence-corrected chi connectivity index (χ1v) is 6.65. The van der Waals surface area contributed by atoms with Gasteiger partial charge < -0.3 is 4.74 Å². The Morgan fingerprint density at radius 1 is 1.21 bits per heavy atom. The molecule has 0 fully saturated rings. The molecule has 1 aromatic rings. The van der Waals surface area contributed by atoms with Crippen molar-refractivity contribution in [3.8, 4) is 5.75 Å². The van der Waals surface area contributed by atoms with E-state index in [4.69, 9.17) is 9.73 Å². The summed E-state index contributed by atoms with van der Waals surface area (Å²) >= 11 is 0. The zero-order valence-electron chi connectivity index (χ0n) is 12.1. The summed E-state index contributed by atoms with van der Waals surface area (Å²) in [5.74, 6) is 1.33. The minimum Gasteiger partial charge on any atom is -0.497 e. The number of aliphatic imine (C=N–C) groups is 1. The molecule has 0 saturated carbocycles. The zero-order valence-corrected chi connectivity index (χ0v) is 12.1. The molecule has 0 N–H and O–H groups in total. The number of hydrogen-bond donors (Lipinski definition) is 0. The lowest BCUT2D eigenvalue weighted by atomic mass is 9.91. The van der Waals surface area contributed by atoms with Crippen LogP contribution in [0.4, 0.5) is 0 Å². The largest absolute Gasteiger partial charge is 0.497 e. The van der Waals surface area contributed by atoms with E-state index in [1.165, 1.54) is 5.57 Å². The lowest BCUT2D eigenvalue weighted by molar-refractivity contribution is 0.415. The first-order chi connectivity index (χ1) is 9.11. The number of ether oxygens (including phenoxy) is 1. The lowest BCUT2D eigenvalue weighted by Crippen LogP contribution is -2.19. The van der Waals surface area contributed by atoms with Gasteiger partial charge in [-0.3, -0.25) is 4.99 Å². The van der Waals surface area contributed by atoms with Gasteiger partial charge in [-0.25, -0.2) is 0 Å². The van der Waals surface area contributed by atoms with E-state index in [1.807, 2.05) is 12.1 Å². The molecule has 1 aromatic carbocycles. The Labute approximate surface area is 115 Å². The van der Waals surface area contributed by atoms with Crippen molar-refractivity contribution < 1.29 is 4.74 Å². The summed E-state index contributed by atoms with van der Waals surface area (Å²) in [6.07, 6.45) is 6.48. The molecule has 0 bridgehead atoms. The molecule has 0 saturated heterocycles. The van der Waals surface area contributed by atoms with Gasteiger partial charge in [-0.2, -0.15) is 0 Å². The zero-order chi connectivity index (χ0) is 13.8. The highest BCUT2D eigenvalue weighted by Crippen LogP contribution is 2.23. The lowest BCUT2D eigenvalue weighted by Gasteiger charge is -2.22. The molecule has 2 atom stereocenters. The monoisotopic (exact) mass is 255 g/mol. The predicted molar refractivity (Wildman–Crippen MR) is 81.1 cm³/mol. The van der Waals surface area contributed by atoms with Gasteiger partial charge in [-0.1, -0.05) is 25.2 Å². The van der Waals surface area contributed by atoms with Gasteiger partial charge in [0.05, 0.1) is 13.2 Å². The van der Waals surface area contributed by atoms with Gasteiger partial charge in [-0.15, -0.1) is 0 Å². The average Bonchev–Trinajstić information content (AvgIpc) is 2.43. The second-order valence-electron chi connectivity index (χ2n) is 5.04. The summed E-state index contributed by atoms with van der Waals surface area (Å²) < 4.78 is 5.17. The first kappa shape index (κ1) is 13.6. The highest BCUT2D eigenvalue weighted by atomic mass is 16.5. The van der Waals surface area contributed by atoms with Gasteiger partial charge in [0.25, 0.3) is 0 Å². The van der Waals surface area contributed by atoms with Crippen molar-refractivity contribution in [3.63, 3.8) is 0 Å². The standard InChI is InChI=1S/C17H21NO/c1-12-6-5-7-13(2)17(12)18-14(3)15-8-10-16(19-4)11-9-15/h5-12,17H,1-4H3. The van der Waals surface area contributed by atoms with Crippen molar-refractivity contribution in [2.24, 2.45) is 10.9 Å². The molecule has 0 spiro atoms. The SMILES string of the molecule is COc1ccc(C(C)=NC2C(C)=CC=CC2C)cc1. The summed E-state index contributed by atoms with van der Waals surface area (Å²) in [4.78, 5) is 4.88. The number of nitrogens with zero attached hydrogens (tertiary/aromatic N) is 1. The van der Waals surface area contributed by atoms with E-state index in [0.717, 1.165) is 17.0 Å². The number of hydrogen-bond acceptors (Lipinski definition) is 2. The number of rotatable bonds is 3. The molecule has 19 heavy (non-hydrogen) atoms. The molecule has 0 aromatic heterocycles. The Kier molecular flexibility index (Phi) is 4.20. The van der Waals surface area contributed by atoms with Crippen molar-refractivity contribution >= 4 is 5.71 Å². The van der Waals surface area contributed by atoms with Gasteiger partial charge in [0.1, 0.15) is 5.75 Å². The topological polar surface area (TPSA) is 21.6 Å². The van der Waals surface area contributed by atoms with Crippen LogP contribution in [0.5, 0.6) is 5.75 Å². The fourth-order valence-corrected chi connectivity index (χ4v) is 2.34. The van der Waals surface area contributed by atoms with Crippen molar-refractivity contribution in [1.82, 2.24) is 0 Å². The van der Waals surface area contributed by atoms with Gasteiger partial charge >= 0.3 is 0 Å². The van der Waals surface area contributed by atoms with E-state index in [2.05, 4.69) is 51.1 Å². The number of allylic oxidation sites excluding steroid dienone is 2. The highest BCUT2D eigenvalue weighted by molar-refractivity contribution is 5.99. The third kappa shape index (κ3) is 3.14. The van der Waals surface area contributed by atoms with Crippen LogP contribution in [0.1, 0.15) is 26.3 Å². The van der Waals surface area contributed by atoms with Crippen LogP contribution < -0.4 is 4.74 Å². The van der Waals surface area contributed by atoms with Crippen LogP contribution in [0.25, 0.3) is 0 Å². The third-order valence-corrected chi connectivity index (χ3v) is 3.58. The van der Waals surface area contributed by atoms with Crippen molar-refractivity contribution in [1.29, 1.82) is 0 Å². The van der Waals surface area contributed by atoms with Gasteiger partial charge in [0.15, 0.2) is 0 Å². The maximum absolute atomic E-state index is 5.17. The Balaban J connectivity index is 2.22. The quantitative estimate of drug-likeness (QED) is 0.747. The molecule has 1 aliphatic rings. The Morgan fingerprint density at radius 3 is 2.47 bits per heavy atom. The molecule has 2 nitrogen and oxygen atoms in total. The smallest absolute Gasteiger partial charge is 0.118 e. The maximum atomic E-state index is 5.17. The van der Waals surface area contributed by atoms with Crippen LogP contribution in [0.3, 0.4) is 0 Å². The summed E-state index contributed by atoms with van der Waals surface area (Å²) in [5.41, 5.74) is 3.54. The van der Waals surface area contributed by atoms with Crippen molar-refractivity contribution in [2.45, 2.75) is 26.8 Å². The molecule has 2 heteroatoms. The molecular formula is C17H21NO. The molecule has 1 aliphatic carbocycles. The molecule has 2 unspecified atom stereocenters. The molecule has 0 radical (unpaired) electrons. The van der Waals surface area contributed by atoms with E-state index in [9.17, 15) is 0 Å². The highest BCUT2D eigenvalue weighted by Gasteiger charge is 2.18. The fourth-order valence-electron chi connectivity index (χ4n) is 2.34. The fraction of sp³-hybridized carbons (Fsp3) is 0.353. The van der Waals surface area contributed by atoms with E-state index >= 15 is 0 Å². The Morgan fingerprint density at radius 2 is 1.89 bits per heavy atom. The molecular weight excluding hydrogens is 234 g/mol. The Hall–Kier alpha value is -1.83. The van der Waals surface area contributed by atoms with Crippen LogP contribution in [0.15, 0.2) is 53.1 Å². The molecule has 100 valence electrons. The first-order valence-electron chi connectivity index (χ1n) is 6.65. The van der Waals surface area contributed by atoms with Gasteiger partial charge in [0, 0.05) is 11.6 Å².